The second-order valence-corrected chi connectivity index (χ2v) is 25.3. The van der Waals surface area contributed by atoms with Gasteiger partial charge in [-0.1, -0.05) is 169 Å². The second-order valence-electron chi connectivity index (χ2n) is 25.3. The Hall–Kier alpha value is -12.6. The van der Waals surface area contributed by atoms with Gasteiger partial charge in [-0.3, -0.25) is 14.4 Å². The van der Waals surface area contributed by atoms with Gasteiger partial charge in [0.25, 0.3) is 17.7 Å². The molecule has 20 heteroatoms. The first kappa shape index (κ1) is 79.1. The van der Waals surface area contributed by atoms with Crippen molar-refractivity contribution in [2.24, 2.45) is 5.92 Å². The van der Waals surface area contributed by atoms with Crippen molar-refractivity contribution in [2.75, 3.05) is 33.8 Å². The molecule has 2 aliphatic heterocycles. The zero-order valence-electron chi connectivity index (χ0n) is 57.0. The predicted molar refractivity (Wildman–Crippen MR) is 406 cm³/mol. The van der Waals surface area contributed by atoms with Crippen molar-refractivity contribution in [1.82, 2.24) is 14.7 Å². The van der Waals surface area contributed by atoms with Gasteiger partial charge in [0.05, 0.1) is 7.11 Å². The van der Waals surface area contributed by atoms with Crippen LogP contribution in [0, 0.1) is 12.8 Å². The molecule has 0 aromatic heterocycles. The molecule has 2 heterocycles. The number of methoxy groups -OCH3 is 1. The number of phenols is 3. The first-order valence-electron chi connectivity index (χ1n) is 33.6. The predicted octanol–water partition coefficient (Wildman–Crippen LogP) is 17.7. The number of carboxylic acid groups (broad SMARTS) is 3. The topological polar surface area (TPSA) is 280 Å². The van der Waals surface area contributed by atoms with E-state index in [1.54, 1.807) is 90.9 Å². The van der Waals surface area contributed by atoms with E-state index in [9.17, 15) is 59.4 Å². The Morgan fingerprint density at radius 1 is 0.406 bits per heavy atom. The number of carbonyl (C=O) groups excluding carboxylic acids is 3. The summed E-state index contributed by atoms with van der Waals surface area (Å²) < 4.78 is 26.8. The molecule has 10 aromatic carbocycles. The molecule has 3 amide bonds. The fourth-order valence-corrected chi connectivity index (χ4v) is 11.8. The number of hydrogen-bond acceptors (Lipinski definition) is 14. The van der Waals surface area contributed by atoms with Crippen LogP contribution < -0.4 is 23.7 Å². The van der Waals surface area contributed by atoms with Crippen molar-refractivity contribution in [3.63, 3.8) is 0 Å². The summed E-state index contributed by atoms with van der Waals surface area (Å²) >= 11 is 0. The minimum atomic E-state index is -1.19. The van der Waals surface area contributed by atoms with E-state index < -0.39 is 17.9 Å². The summed E-state index contributed by atoms with van der Waals surface area (Å²) in [5.74, 6) is -0.947. The van der Waals surface area contributed by atoms with Gasteiger partial charge in [-0.05, 0) is 179 Å². The smallest absolute Gasteiger partial charge is 0.339 e. The number of hydrogen-bond donors (Lipinski definition) is 6. The van der Waals surface area contributed by atoms with Gasteiger partial charge in [0.15, 0.2) is 23.0 Å². The average molecular weight is 1440 g/mol. The van der Waals surface area contributed by atoms with Crippen LogP contribution in [-0.2, 0) is 26.2 Å². The lowest BCUT2D eigenvalue weighted by atomic mass is 10.0. The van der Waals surface area contributed by atoms with Crippen LogP contribution >= 0.6 is 0 Å². The number of amides is 3. The monoisotopic (exact) mass is 1440 g/mol. The number of benzene rings is 10. The van der Waals surface area contributed by atoms with Crippen LogP contribution in [0.5, 0.6) is 46.0 Å². The van der Waals surface area contributed by atoms with Gasteiger partial charge in [-0.25, -0.2) is 14.4 Å². The lowest BCUT2D eigenvalue weighted by Crippen LogP contribution is -2.32. The summed E-state index contributed by atoms with van der Waals surface area (Å²) in [6.45, 7) is 7.58. The molecule has 6 N–H and O–H groups in total. The summed E-state index contributed by atoms with van der Waals surface area (Å²) in [7, 11) is 1.57. The second kappa shape index (κ2) is 36.5. The molecule has 0 unspecified atom stereocenters. The highest BCUT2D eigenvalue weighted by molar-refractivity contribution is 5.97. The van der Waals surface area contributed by atoms with Gasteiger partial charge in [-0.2, -0.15) is 0 Å². The lowest BCUT2D eigenvalue weighted by molar-refractivity contribution is 0.0682. The minimum Gasteiger partial charge on any atom is -0.507 e. The van der Waals surface area contributed by atoms with E-state index >= 15 is 0 Å². The van der Waals surface area contributed by atoms with E-state index in [1.165, 1.54) is 36.4 Å². The average Bonchev–Trinajstić information content (AvgIpc) is 1.68. The van der Waals surface area contributed by atoms with E-state index in [-0.39, 0.29) is 87.5 Å². The van der Waals surface area contributed by atoms with Crippen LogP contribution in [0.2, 0.25) is 0 Å². The third kappa shape index (κ3) is 20.2. The van der Waals surface area contributed by atoms with Crippen molar-refractivity contribution in [2.45, 2.75) is 94.4 Å². The molecule has 0 radical (unpaired) electrons. The Labute approximate surface area is 617 Å². The third-order valence-corrected chi connectivity index (χ3v) is 17.8. The number of carboxylic acids is 3. The Bertz CT molecular complexity index is 4730. The van der Waals surface area contributed by atoms with Gasteiger partial charge in [0, 0.05) is 56.0 Å². The molecule has 1 saturated carbocycles. The Morgan fingerprint density at radius 2 is 0.764 bits per heavy atom. The molecule has 0 atom stereocenters. The fourth-order valence-electron chi connectivity index (χ4n) is 11.8. The maximum absolute atomic E-state index is 13.5. The Morgan fingerprint density at radius 3 is 1.16 bits per heavy atom. The number of rotatable bonds is 24. The molecule has 106 heavy (non-hydrogen) atoms. The molecule has 0 spiro atoms. The lowest BCUT2D eigenvalue weighted by Gasteiger charge is -2.24. The zero-order chi connectivity index (χ0) is 72.7. The Balaban J connectivity index is 0.000000198. The van der Waals surface area contributed by atoms with Gasteiger partial charge < -0.3 is 69.0 Å². The molecule has 550 valence electrons. The van der Waals surface area contributed by atoms with Crippen molar-refractivity contribution >= 4 is 35.6 Å². The quantitative estimate of drug-likeness (QED) is 0.0307. The standard InChI is InChI=1S/C30H27NO5.C27H27NO6.C26H23NO6.3CH4/c1-20-6-8-21(9-7-20)18-31(29(33)25-4-3-5-26(16-25)36-2)19-22-10-12-23(13-11-22)24-14-15-28(32)27(17-24)30(34)35;1-2-3-4-13-28(26(30)21-10-12-24-25(15-21)34-17-33-24)16-18-5-7-19(8-6-18)20-9-11-23(29)22(14-20)27(31)32;28-22-9-7-19(11-21(22)26(30)31)18-5-3-17(4-6-18)14-27(13-16-1-2-16)25(29)20-8-10-23-24(12-20)33-15-32-23;;;/h3-17,32H,18-19H2,1-2H3,(H,34,35);5-12,14-15,29H,2-4,13,16-17H2,1H3,(H,31,32);3-12,16,28H,1-2,13-15H2,(H,30,31);3*1H4. The molecule has 20 nitrogen and oxygen atoms in total. The highest BCUT2D eigenvalue weighted by atomic mass is 16.7. The van der Waals surface area contributed by atoms with Crippen LogP contribution in [0.15, 0.2) is 212 Å². The highest BCUT2D eigenvalue weighted by Crippen LogP contribution is 2.37. The molecule has 10 aromatic rings. The number of aromatic hydroxyl groups is 3. The number of nitrogens with zero attached hydrogens (tertiary/aromatic N) is 3. The largest absolute Gasteiger partial charge is 0.507 e. The van der Waals surface area contributed by atoms with Crippen LogP contribution in [0.1, 0.15) is 151 Å². The molecule has 1 aliphatic carbocycles. The molecule has 13 rings (SSSR count). The molecule has 0 bridgehead atoms. The van der Waals surface area contributed by atoms with E-state index in [4.69, 9.17) is 23.7 Å². The molecular weight excluding hydrogens is 1350 g/mol. The maximum atomic E-state index is 13.5. The minimum absolute atomic E-state index is 0. The van der Waals surface area contributed by atoms with Gasteiger partial charge >= 0.3 is 17.9 Å². The van der Waals surface area contributed by atoms with E-state index in [0.717, 1.165) is 76.6 Å². The number of aryl methyl sites for hydroxylation is 1. The van der Waals surface area contributed by atoms with E-state index in [0.29, 0.717) is 107 Å². The Kier molecular flexibility index (Phi) is 27.3. The molecular formula is C86H89N3O17. The third-order valence-electron chi connectivity index (χ3n) is 17.8. The maximum Gasteiger partial charge on any atom is 0.339 e. The van der Waals surface area contributed by atoms with E-state index in [2.05, 4.69) is 6.92 Å². The summed E-state index contributed by atoms with van der Waals surface area (Å²) in [4.78, 5) is 79.6. The molecule has 3 aliphatic rings. The zero-order valence-corrected chi connectivity index (χ0v) is 57.0. The van der Waals surface area contributed by atoms with Crippen molar-refractivity contribution in [3.05, 3.63) is 274 Å². The van der Waals surface area contributed by atoms with Gasteiger partial charge in [0.1, 0.15) is 39.7 Å². The molecule has 0 saturated heterocycles. The van der Waals surface area contributed by atoms with Crippen LogP contribution in [-0.4, -0.2) is 115 Å². The number of carbonyl (C=O) groups is 6. The summed E-state index contributed by atoms with van der Waals surface area (Å²) in [5, 5.41) is 57.1. The normalized spacial score (nSPS) is 11.8. The summed E-state index contributed by atoms with van der Waals surface area (Å²) in [6.07, 6.45) is 5.28. The first-order chi connectivity index (χ1) is 49.8. The first-order valence-corrected chi connectivity index (χ1v) is 33.6. The number of fused-ring (bicyclic) bond motifs is 2. The summed E-state index contributed by atoms with van der Waals surface area (Å²) in [6, 6.07) is 62.2. The fraction of sp³-hybridized carbons (Fsp3) is 0.233. The van der Waals surface area contributed by atoms with Crippen molar-refractivity contribution in [3.8, 4) is 79.4 Å². The highest BCUT2D eigenvalue weighted by Gasteiger charge is 2.29. The van der Waals surface area contributed by atoms with Crippen LogP contribution in [0.25, 0.3) is 33.4 Å². The number of aromatic carboxylic acids is 3. The van der Waals surface area contributed by atoms with Gasteiger partial charge in [-0.15, -0.1) is 0 Å². The van der Waals surface area contributed by atoms with Gasteiger partial charge in [0.2, 0.25) is 13.6 Å². The SMILES string of the molecule is C.C.C.CCCCCN(Cc1ccc(-c2ccc(O)c(C(=O)O)c2)cc1)C(=O)c1ccc2c(c1)OCO2.COc1cccc(C(=O)N(Cc2ccc(C)cc2)Cc2ccc(-c3ccc(O)c(C(=O)O)c3)cc2)c1.O=C(O)c1cc(-c2ccc(CN(CC3CC3)C(=O)c3ccc4c(c3)OCO4)cc2)ccc1O. The van der Waals surface area contributed by atoms with E-state index in [1.807, 2.05) is 114 Å². The van der Waals surface area contributed by atoms with Crippen molar-refractivity contribution in [1.29, 1.82) is 0 Å². The van der Waals surface area contributed by atoms with Crippen LogP contribution in [0.3, 0.4) is 0 Å². The number of unbranched alkanes of at least 4 members (excludes halogenated alkanes) is 2. The van der Waals surface area contributed by atoms with Crippen LogP contribution in [0.4, 0.5) is 0 Å². The number of ether oxygens (including phenoxy) is 5. The van der Waals surface area contributed by atoms with Crippen molar-refractivity contribution < 1.29 is 83.1 Å². The summed E-state index contributed by atoms with van der Waals surface area (Å²) in [5.41, 5.74) is 10.8. The molecule has 1 fully saturated rings.